The molecule has 4 rings (SSSR count). The molecule has 2 amide bonds. The highest BCUT2D eigenvalue weighted by atomic mass is 19.4. The molecule has 0 spiro atoms. The molecule has 2 aromatic heterocycles. The first-order valence-electron chi connectivity index (χ1n) is 11.8. The number of halogens is 12. The van der Waals surface area contributed by atoms with E-state index in [9.17, 15) is 57.9 Å². The van der Waals surface area contributed by atoms with Crippen LogP contribution < -0.4 is 11.1 Å². The van der Waals surface area contributed by atoms with Crippen molar-refractivity contribution in [2.45, 2.75) is 37.2 Å². The largest absolute Gasteiger partial charge is 0.418 e. The minimum absolute atomic E-state index is 0.277. The molecule has 1 aromatic carbocycles. The van der Waals surface area contributed by atoms with Gasteiger partial charge in [-0.1, -0.05) is 0 Å². The molecule has 1 aliphatic heterocycles. The van der Waals surface area contributed by atoms with Crippen LogP contribution in [0, 0.1) is 17.6 Å². The van der Waals surface area contributed by atoms with Crippen LogP contribution in [0.4, 0.5) is 58.5 Å². The molecular formula is C23H16F12N6O2. The van der Waals surface area contributed by atoms with E-state index >= 15 is 4.39 Å². The van der Waals surface area contributed by atoms with E-state index in [0.717, 1.165) is 6.33 Å². The Labute approximate surface area is 231 Å². The van der Waals surface area contributed by atoms with Gasteiger partial charge in [-0.15, -0.1) is 0 Å². The number of rotatable bonds is 5. The van der Waals surface area contributed by atoms with Crippen molar-refractivity contribution in [3.63, 3.8) is 0 Å². The van der Waals surface area contributed by atoms with Gasteiger partial charge in [-0.05, 0) is 18.2 Å². The molecule has 3 N–H and O–H groups in total. The number of nitrogens with two attached hydrogens (primary N) is 1. The van der Waals surface area contributed by atoms with E-state index in [1.807, 2.05) is 5.32 Å². The Balaban J connectivity index is 1.61. The highest BCUT2D eigenvalue weighted by Gasteiger charge is 2.57. The molecule has 1 fully saturated rings. The normalized spacial score (nSPS) is 18.1. The number of benzene rings is 1. The average Bonchev–Trinajstić information content (AvgIpc) is 3.43. The molecule has 234 valence electrons. The average molecular weight is 636 g/mol. The molecule has 3 heterocycles. The summed E-state index contributed by atoms with van der Waals surface area (Å²) in [5.74, 6) is -11.4. The van der Waals surface area contributed by atoms with Crippen LogP contribution in [0.5, 0.6) is 0 Å². The van der Waals surface area contributed by atoms with Gasteiger partial charge < -0.3 is 16.0 Å². The van der Waals surface area contributed by atoms with E-state index in [-0.39, 0.29) is 4.90 Å². The number of anilines is 1. The fourth-order valence-electron chi connectivity index (χ4n) is 4.50. The van der Waals surface area contributed by atoms with Crippen molar-refractivity contribution in [3.05, 3.63) is 47.3 Å². The lowest BCUT2D eigenvalue weighted by Crippen LogP contribution is -2.43. The van der Waals surface area contributed by atoms with Crippen LogP contribution in [0.1, 0.15) is 22.3 Å². The second-order valence-electron chi connectivity index (χ2n) is 9.37. The number of nitrogens with zero attached hydrogens (tertiary/aromatic N) is 4. The SMILES string of the molecule is Nc1ncnn2c(-c3ccc(F)c(C(=O)N[C@@H]4CN(C(=O)CC(C(F)(F)F)C(F)(F)F)C[C@@H]4F)c3F)cc(C(F)(F)F)c12. The van der Waals surface area contributed by atoms with Crippen molar-refractivity contribution in [2.75, 3.05) is 18.8 Å². The van der Waals surface area contributed by atoms with Gasteiger partial charge in [0.15, 0.2) is 11.7 Å². The summed E-state index contributed by atoms with van der Waals surface area (Å²) in [5, 5.41) is 5.41. The number of carbonyl (C=O) groups is 2. The van der Waals surface area contributed by atoms with Crippen molar-refractivity contribution in [3.8, 4) is 11.3 Å². The number of carbonyl (C=O) groups excluding carboxylic acids is 2. The van der Waals surface area contributed by atoms with Gasteiger partial charge in [-0.2, -0.15) is 44.6 Å². The third-order valence-electron chi connectivity index (χ3n) is 6.57. The van der Waals surface area contributed by atoms with Crippen LogP contribution in [0.25, 0.3) is 16.8 Å². The van der Waals surface area contributed by atoms with Crippen molar-refractivity contribution >= 4 is 23.1 Å². The third-order valence-corrected chi connectivity index (χ3v) is 6.57. The molecule has 0 unspecified atom stereocenters. The van der Waals surface area contributed by atoms with Crippen molar-refractivity contribution in [1.82, 2.24) is 24.8 Å². The molecule has 1 saturated heterocycles. The molecule has 0 radical (unpaired) electrons. The van der Waals surface area contributed by atoms with E-state index in [2.05, 4.69) is 10.1 Å². The lowest BCUT2D eigenvalue weighted by atomic mass is 10.0. The van der Waals surface area contributed by atoms with E-state index in [0.29, 0.717) is 22.7 Å². The molecule has 2 atom stereocenters. The van der Waals surface area contributed by atoms with E-state index in [1.165, 1.54) is 0 Å². The number of hydrogen-bond donors (Lipinski definition) is 2. The van der Waals surface area contributed by atoms with Crippen molar-refractivity contribution < 1.29 is 62.3 Å². The number of amides is 2. The van der Waals surface area contributed by atoms with Gasteiger partial charge in [0, 0.05) is 18.5 Å². The highest BCUT2D eigenvalue weighted by Crippen LogP contribution is 2.42. The summed E-state index contributed by atoms with van der Waals surface area (Å²) in [4.78, 5) is 28.6. The Hall–Kier alpha value is -4.26. The Morgan fingerprint density at radius 2 is 1.65 bits per heavy atom. The fourth-order valence-corrected chi connectivity index (χ4v) is 4.50. The van der Waals surface area contributed by atoms with Crippen LogP contribution >= 0.6 is 0 Å². The lowest BCUT2D eigenvalue weighted by molar-refractivity contribution is -0.284. The number of likely N-dealkylation sites (tertiary alicyclic amines) is 1. The number of aromatic nitrogens is 3. The first-order valence-corrected chi connectivity index (χ1v) is 11.8. The minimum atomic E-state index is -5.85. The second kappa shape index (κ2) is 10.8. The van der Waals surface area contributed by atoms with Crippen molar-refractivity contribution in [2.24, 2.45) is 5.92 Å². The molecular weight excluding hydrogens is 620 g/mol. The maximum Gasteiger partial charge on any atom is 0.418 e. The summed E-state index contributed by atoms with van der Waals surface area (Å²) in [5.41, 5.74) is 0.486. The quantitative estimate of drug-likeness (QED) is 0.396. The minimum Gasteiger partial charge on any atom is -0.382 e. The Morgan fingerprint density at radius 3 is 2.23 bits per heavy atom. The molecule has 20 heteroatoms. The fraction of sp³-hybridized carbons (Fsp3) is 0.391. The summed E-state index contributed by atoms with van der Waals surface area (Å²) < 4.78 is 163. The van der Waals surface area contributed by atoms with Gasteiger partial charge in [-0.25, -0.2) is 22.7 Å². The number of alkyl halides is 10. The topological polar surface area (TPSA) is 106 Å². The van der Waals surface area contributed by atoms with Gasteiger partial charge in [0.25, 0.3) is 5.91 Å². The third kappa shape index (κ3) is 6.12. The molecule has 0 saturated carbocycles. The number of hydrogen-bond acceptors (Lipinski definition) is 5. The number of fused-ring (bicyclic) bond motifs is 1. The second-order valence-corrected chi connectivity index (χ2v) is 9.37. The maximum absolute atomic E-state index is 15.5. The molecule has 43 heavy (non-hydrogen) atoms. The van der Waals surface area contributed by atoms with E-state index in [4.69, 9.17) is 5.73 Å². The lowest BCUT2D eigenvalue weighted by Gasteiger charge is -2.25. The van der Waals surface area contributed by atoms with Crippen LogP contribution in [0.2, 0.25) is 0 Å². The molecule has 3 aromatic rings. The summed E-state index contributed by atoms with van der Waals surface area (Å²) in [7, 11) is 0. The molecule has 0 aliphatic carbocycles. The number of nitrogen functional groups attached to an aromatic ring is 1. The van der Waals surface area contributed by atoms with Crippen molar-refractivity contribution in [1.29, 1.82) is 0 Å². The van der Waals surface area contributed by atoms with Gasteiger partial charge in [0.2, 0.25) is 5.91 Å². The molecule has 1 aliphatic rings. The van der Waals surface area contributed by atoms with Gasteiger partial charge >= 0.3 is 18.5 Å². The van der Waals surface area contributed by atoms with Crippen LogP contribution in [-0.2, 0) is 11.0 Å². The van der Waals surface area contributed by atoms with Gasteiger partial charge in [0.1, 0.15) is 35.2 Å². The zero-order valence-corrected chi connectivity index (χ0v) is 20.9. The first kappa shape index (κ1) is 31.7. The molecule has 8 nitrogen and oxygen atoms in total. The van der Waals surface area contributed by atoms with E-state index in [1.54, 1.807) is 0 Å². The summed E-state index contributed by atoms with van der Waals surface area (Å²) >= 11 is 0. The smallest absolute Gasteiger partial charge is 0.382 e. The predicted octanol–water partition coefficient (Wildman–Crippen LogP) is 4.69. The van der Waals surface area contributed by atoms with Crippen LogP contribution in [0.15, 0.2) is 24.5 Å². The summed E-state index contributed by atoms with van der Waals surface area (Å²) in [6.45, 7) is -2.00. The maximum atomic E-state index is 15.5. The Bertz CT molecular complexity index is 1550. The van der Waals surface area contributed by atoms with Crippen LogP contribution in [-0.4, -0.2) is 69.0 Å². The summed E-state index contributed by atoms with van der Waals surface area (Å²) in [6.07, 6.45) is -20.4. The monoisotopic (exact) mass is 636 g/mol. The zero-order chi connectivity index (χ0) is 32.2. The Kier molecular flexibility index (Phi) is 7.94. The highest BCUT2D eigenvalue weighted by molar-refractivity contribution is 5.96. The standard InChI is InChI=1S/C23H16F12N6O2/c24-10-2-1-8(13-3-9(21(27,28)29)18-19(36)37-7-38-41(13)18)17(26)16(10)20(43)39-12-6-40(5-11(12)25)15(42)4-14(22(30,31)32)23(33,34)35/h1-3,7,11-12,14H,4-6H2,(H,39,43)(H2,36,37,38)/t11-,12+/m0/s1. The van der Waals surface area contributed by atoms with E-state index < -0.39 is 113 Å². The number of nitrogens with one attached hydrogen (secondary N) is 1. The Morgan fingerprint density at radius 1 is 1.02 bits per heavy atom. The first-order chi connectivity index (χ1) is 19.7. The predicted molar refractivity (Wildman–Crippen MR) is 121 cm³/mol. The summed E-state index contributed by atoms with van der Waals surface area (Å²) in [6, 6.07) is -0.248. The molecule has 0 bridgehead atoms. The van der Waals surface area contributed by atoms with Crippen LogP contribution in [0.3, 0.4) is 0 Å². The zero-order valence-electron chi connectivity index (χ0n) is 20.9. The van der Waals surface area contributed by atoms with Gasteiger partial charge in [0.05, 0.1) is 23.8 Å². The van der Waals surface area contributed by atoms with Gasteiger partial charge in [-0.3, -0.25) is 9.59 Å².